The van der Waals surface area contributed by atoms with E-state index in [-0.39, 0.29) is 5.91 Å². The molecule has 2 aromatic carbocycles. The predicted octanol–water partition coefficient (Wildman–Crippen LogP) is 4.94. The molecule has 5 rings (SSSR count). The van der Waals surface area contributed by atoms with Gasteiger partial charge in [-0.15, -0.1) is 0 Å². The van der Waals surface area contributed by atoms with Crippen molar-refractivity contribution in [3.8, 4) is 22.4 Å². The number of carbonyl (C=O) groups excluding carboxylic acids is 1. The number of hydrogen-bond acceptors (Lipinski definition) is 4. The Bertz CT molecular complexity index is 1250. The molecule has 2 aromatic heterocycles. The summed E-state index contributed by atoms with van der Waals surface area (Å²) in [7, 11) is 1.93. The summed E-state index contributed by atoms with van der Waals surface area (Å²) < 4.78 is 1.81. The number of anilines is 2. The molecule has 3 N–H and O–H groups in total. The third-order valence-corrected chi connectivity index (χ3v) is 5.87. The fraction of sp³-hybridized carbons (Fsp3) is 0.292. The third kappa shape index (κ3) is 3.91. The van der Waals surface area contributed by atoms with Crippen LogP contribution in [0.1, 0.15) is 32.6 Å². The van der Waals surface area contributed by atoms with Gasteiger partial charge in [-0.25, -0.2) is 0 Å². The van der Waals surface area contributed by atoms with Gasteiger partial charge in [-0.3, -0.25) is 14.6 Å². The number of rotatable bonds is 5. The maximum Gasteiger partial charge on any atom is 0.221 e. The number of benzene rings is 2. The molecule has 0 saturated heterocycles. The van der Waals surface area contributed by atoms with E-state index in [4.69, 9.17) is 0 Å². The van der Waals surface area contributed by atoms with Crippen LogP contribution in [0.4, 0.5) is 11.4 Å². The molecule has 7 nitrogen and oxygen atoms in total. The second kappa shape index (κ2) is 7.91. The number of nitrogens with zero attached hydrogens (tertiary/aromatic N) is 3. The van der Waals surface area contributed by atoms with Crippen molar-refractivity contribution in [3.05, 3.63) is 48.8 Å². The van der Waals surface area contributed by atoms with Gasteiger partial charge in [0.05, 0.1) is 17.1 Å². The largest absolute Gasteiger partial charge is 0.382 e. The van der Waals surface area contributed by atoms with Crippen LogP contribution in [0.3, 0.4) is 0 Å². The van der Waals surface area contributed by atoms with Gasteiger partial charge in [0.25, 0.3) is 0 Å². The van der Waals surface area contributed by atoms with E-state index in [1.54, 1.807) is 0 Å². The van der Waals surface area contributed by atoms with Crippen molar-refractivity contribution in [2.24, 2.45) is 7.05 Å². The Morgan fingerprint density at radius 2 is 1.97 bits per heavy atom. The first kappa shape index (κ1) is 19.4. The second-order valence-electron chi connectivity index (χ2n) is 8.31. The van der Waals surface area contributed by atoms with Crippen LogP contribution in [-0.4, -0.2) is 31.9 Å². The van der Waals surface area contributed by atoms with Crippen molar-refractivity contribution < 1.29 is 4.79 Å². The van der Waals surface area contributed by atoms with Crippen LogP contribution < -0.4 is 10.6 Å². The molecular formula is C24H26N6O. The molecule has 0 unspecified atom stereocenters. The van der Waals surface area contributed by atoms with E-state index in [0.717, 1.165) is 44.7 Å². The monoisotopic (exact) mass is 414 g/mol. The Kier molecular flexibility index (Phi) is 4.94. The number of aromatic nitrogens is 4. The van der Waals surface area contributed by atoms with Gasteiger partial charge in [0, 0.05) is 48.7 Å². The first-order chi connectivity index (χ1) is 15.1. The zero-order chi connectivity index (χ0) is 21.4. The van der Waals surface area contributed by atoms with Crippen LogP contribution in [-0.2, 0) is 11.8 Å². The first-order valence-corrected chi connectivity index (χ1v) is 10.7. The molecule has 1 saturated carbocycles. The van der Waals surface area contributed by atoms with Gasteiger partial charge in [-0.2, -0.15) is 10.2 Å². The Labute approximate surface area is 180 Å². The molecule has 0 spiro atoms. The van der Waals surface area contributed by atoms with Crippen LogP contribution in [0.25, 0.3) is 33.3 Å². The van der Waals surface area contributed by atoms with Crippen molar-refractivity contribution in [3.63, 3.8) is 0 Å². The van der Waals surface area contributed by atoms with Crippen LogP contribution in [0.5, 0.6) is 0 Å². The van der Waals surface area contributed by atoms with Crippen LogP contribution in [0, 0.1) is 0 Å². The van der Waals surface area contributed by atoms with Gasteiger partial charge in [-0.1, -0.05) is 25.0 Å². The lowest BCUT2D eigenvalue weighted by Gasteiger charge is -2.16. The summed E-state index contributed by atoms with van der Waals surface area (Å²) >= 11 is 0. The van der Waals surface area contributed by atoms with Gasteiger partial charge in [0.15, 0.2) is 0 Å². The Morgan fingerprint density at radius 3 is 2.71 bits per heavy atom. The lowest BCUT2D eigenvalue weighted by atomic mass is 10.0. The minimum atomic E-state index is -0.0891. The van der Waals surface area contributed by atoms with Crippen molar-refractivity contribution in [1.29, 1.82) is 0 Å². The van der Waals surface area contributed by atoms with Gasteiger partial charge in [-0.05, 0) is 42.7 Å². The Morgan fingerprint density at radius 1 is 1.13 bits per heavy atom. The molecule has 1 aliphatic carbocycles. The van der Waals surface area contributed by atoms with Gasteiger partial charge in [0.1, 0.15) is 5.69 Å². The molecule has 0 aliphatic heterocycles. The maximum absolute atomic E-state index is 11.5. The highest BCUT2D eigenvalue weighted by atomic mass is 16.1. The van der Waals surface area contributed by atoms with Crippen LogP contribution >= 0.6 is 0 Å². The van der Waals surface area contributed by atoms with Gasteiger partial charge >= 0.3 is 0 Å². The number of fused-ring (bicyclic) bond motifs is 1. The highest BCUT2D eigenvalue weighted by Crippen LogP contribution is 2.38. The van der Waals surface area contributed by atoms with Crippen molar-refractivity contribution in [1.82, 2.24) is 20.0 Å². The zero-order valence-electron chi connectivity index (χ0n) is 17.8. The minimum Gasteiger partial charge on any atom is -0.382 e. The fourth-order valence-corrected chi connectivity index (χ4v) is 4.45. The highest BCUT2D eigenvalue weighted by Gasteiger charge is 2.20. The summed E-state index contributed by atoms with van der Waals surface area (Å²) in [5, 5.41) is 19.9. The molecule has 158 valence electrons. The summed E-state index contributed by atoms with van der Waals surface area (Å²) in [6.45, 7) is 1.51. The van der Waals surface area contributed by atoms with E-state index < -0.39 is 0 Å². The summed E-state index contributed by atoms with van der Waals surface area (Å²) in [4.78, 5) is 11.5. The Balaban J connectivity index is 1.64. The number of aromatic amines is 1. The number of H-pyrrole nitrogens is 1. The van der Waals surface area contributed by atoms with Crippen LogP contribution in [0.15, 0.2) is 48.8 Å². The molecule has 0 radical (unpaired) electrons. The average Bonchev–Trinajstić information content (AvgIpc) is 3.48. The van der Waals surface area contributed by atoms with Crippen LogP contribution in [0.2, 0.25) is 0 Å². The molecule has 0 bridgehead atoms. The zero-order valence-corrected chi connectivity index (χ0v) is 17.8. The lowest BCUT2D eigenvalue weighted by Crippen LogP contribution is -2.14. The van der Waals surface area contributed by atoms with Gasteiger partial charge < -0.3 is 10.6 Å². The van der Waals surface area contributed by atoms with Gasteiger partial charge in [0.2, 0.25) is 5.91 Å². The fourth-order valence-electron chi connectivity index (χ4n) is 4.45. The molecular weight excluding hydrogens is 388 g/mol. The number of hydrogen-bond donors (Lipinski definition) is 3. The number of nitrogens with one attached hydrogen (secondary N) is 3. The van der Waals surface area contributed by atoms with E-state index >= 15 is 0 Å². The third-order valence-electron chi connectivity index (χ3n) is 5.87. The highest BCUT2D eigenvalue weighted by molar-refractivity contribution is 6.05. The SMILES string of the molecule is CC(=O)Nc1cccc(-c2n[nH]c3cc(-c4cnn(C)c4)cc(NC4CCCC4)c23)c1. The summed E-state index contributed by atoms with van der Waals surface area (Å²) in [6.07, 6.45) is 8.80. The van der Waals surface area contributed by atoms with Crippen molar-refractivity contribution in [2.75, 3.05) is 10.6 Å². The predicted molar refractivity (Wildman–Crippen MR) is 124 cm³/mol. The molecule has 1 amide bonds. The molecule has 1 aliphatic rings. The maximum atomic E-state index is 11.5. The first-order valence-electron chi connectivity index (χ1n) is 10.7. The van der Waals surface area contributed by atoms with E-state index in [1.165, 1.54) is 32.6 Å². The number of amides is 1. The number of carbonyl (C=O) groups is 1. The molecule has 7 heteroatoms. The Hall–Kier alpha value is -3.61. The second-order valence-corrected chi connectivity index (χ2v) is 8.31. The quantitative estimate of drug-likeness (QED) is 0.431. The minimum absolute atomic E-state index is 0.0891. The van der Waals surface area contributed by atoms with Crippen molar-refractivity contribution >= 4 is 28.2 Å². The average molecular weight is 415 g/mol. The lowest BCUT2D eigenvalue weighted by molar-refractivity contribution is -0.114. The summed E-state index contributed by atoms with van der Waals surface area (Å²) in [6, 6.07) is 12.6. The summed E-state index contributed by atoms with van der Waals surface area (Å²) in [5.41, 5.74) is 6.82. The molecule has 0 atom stereocenters. The standard InChI is InChI=1S/C24H26N6O/c1-15(31)26-20-9-5-6-16(10-20)24-23-21(27-19-7-3-4-8-19)11-17(12-22(23)28-29-24)18-13-25-30(2)14-18/h5-6,9-14,19,27H,3-4,7-8H2,1-2H3,(H,26,31)(H,28,29). The topological polar surface area (TPSA) is 87.6 Å². The van der Waals surface area contributed by atoms with Crippen molar-refractivity contribution in [2.45, 2.75) is 38.6 Å². The smallest absolute Gasteiger partial charge is 0.221 e. The molecule has 4 aromatic rings. The van der Waals surface area contributed by atoms with E-state index in [0.29, 0.717) is 6.04 Å². The normalized spacial score (nSPS) is 14.3. The molecule has 1 fully saturated rings. The van der Waals surface area contributed by atoms with E-state index in [2.05, 4.69) is 38.1 Å². The molecule has 2 heterocycles. The summed E-state index contributed by atoms with van der Waals surface area (Å²) in [5.74, 6) is -0.0891. The number of aryl methyl sites for hydroxylation is 1. The van der Waals surface area contributed by atoms with E-state index in [1.807, 2.05) is 48.4 Å². The van der Waals surface area contributed by atoms with E-state index in [9.17, 15) is 4.79 Å². The molecule has 31 heavy (non-hydrogen) atoms.